The molecule has 0 amide bonds. The summed E-state index contributed by atoms with van der Waals surface area (Å²) in [4.78, 5) is 17.9. The molecule has 3 rings (SSSR count). The van der Waals surface area contributed by atoms with Crippen LogP contribution in [0.25, 0.3) is 15.7 Å². The zero-order chi connectivity index (χ0) is 21.2. The molecule has 1 heterocycles. The largest absolute Gasteiger partial charge is 0.382 e. The van der Waals surface area contributed by atoms with Crippen molar-refractivity contribution in [1.82, 2.24) is 8.87 Å². The van der Waals surface area contributed by atoms with Crippen LogP contribution in [0.2, 0.25) is 0 Å². The van der Waals surface area contributed by atoms with E-state index in [1.165, 1.54) is 35.4 Å². The Morgan fingerprint density at radius 1 is 1.17 bits per heavy atom. The van der Waals surface area contributed by atoms with Crippen molar-refractivity contribution in [2.24, 2.45) is 0 Å². The number of carbonyl (C=O) groups is 1. The molecular formula is C21H16N4O3S. The van der Waals surface area contributed by atoms with Gasteiger partial charge in [-0.3, -0.25) is 4.79 Å². The number of hydrogen-bond donors (Lipinski definition) is 0. The first kappa shape index (κ1) is 19.9. The van der Waals surface area contributed by atoms with Crippen LogP contribution < -0.4 is 0 Å². The summed E-state index contributed by atoms with van der Waals surface area (Å²) in [5.74, 6) is -0.721. The van der Waals surface area contributed by atoms with Gasteiger partial charge in [0.05, 0.1) is 17.0 Å². The first-order valence-corrected chi connectivity index (χ1v) is 9.90. The molecule has 3 aromatic rings. The second kappa shape index (κ2) is 7.63. The molecule has 0 saturated carbocycles. The van der Waals surface area contributed by atoms with Crippen LogP contribution in [0.1, 0.15) is 10.5 Å². The number of carbonyl (C=O) groups excluding carboxylic acids is 1. The van der Waals surface area contributed by atoms with E-state index in [9.17, 15) is 18.5 Å². The van der Waals surface area contributed by atoms with E-state index < -0.39 is 15.8 Å². The second-order valence-corrected chi connectivity index (χ2v) is 8.20. The second-order valence-electron chi connectivity index (χ2n) is 6.41. The zero-order valence-corrected chi connectivity index (χ0v) is 16.5. The molecule has 0 aliphatic rings. The lowest BCUT2D eigenvalue weighted by Gasteiger charge is -2.12. The van der Waals surface area contributed by atoms with E-state index in [1.807, 2.05) is 6.07 Å². The van der Waals surface area contributed by atoms with Crippen LogP contribution in [-0.2, 0) is 10.0 Å². The Bertz CT molecular complexity index is 1320. The molecule has 0 N–H and O–H groups in total. The predicted octanol–water partition coefficient (Wildman–Crippen LogP) is 3.58. The molecule has 0 unspecified atom stereocenters. The van der Waals surface area contributed by atoms with Crippen LogP contribution >= 0.6 is 0 Å². The average Bonchev–Trinajstić information content (AvgIpc) is 3.11. The van der Waals surface area contributed by atoms with E-state index in [4.69, 9.17) is 6.57 Å². The Kier molecular flexibility index (Phi) is 5.22. The fourth-order valence-corrected chi connectivity index (χ4v) is 4.41. The number of nitriles is 1. The van der Waals surface area contributed by atoms with Gasteiger partial charge in [0.25, 0.3) is 10.0 Å². The number of allylic oxidation sites excluding steroid dienone is 1. The Morgan fingerprint density at radius 2 is 1.86 bits per heavy atom. The molecule has 8 heteroatoms. The molecule has 144 valence electrons. The summed E-state index contributed by atoms with van der Waals surface area (Å²) >= 11 is 0. The van der Waals surface area contributed by atoms with Gasteiger partial charge in [-0.1, -0.05) is 30.3 Å². The van der Waals surface area contributed by atoms with E-state index in [-0.39, 0.29) is 27.4 Å². The minimum absolute atomic E-state index is 0.00476. The van der Waals surface area contributed by atoms with E-state index in [0.29, 0.717) is 5.39 Å². The van der Waals surface area contributed by atoms with Gasteiger partial charge in [-0.05, 0) is 29.7 Å². The molecule has 0 spiro atoms. The molecule has 0 aliphatic carbocycles. The molecule has 0 atom stereocenters. The van der Waals surface area contributed by atoms with Crippen molar-refractivity contribution >= 4 is 32.4 Å². The zero-order valence-electron chi connectivity index (χ0n) is 15.7. The minimum Gasteiger partial charge on any atom is -0.382 e. The fourth-order valence-electron chi connectivity index (χ4n) is 2.88. The van der Waals surface area contributed by atoms with Gasteiger partial charge in [-0.2, -0.15) is 5.26 Å². The number of Topliss-reactive ketones (excluding diaryl/α,β-unsaturated/α-hetero) is 1. The topological polar surface area (TPSA) is 87.5 Å². The van der Waals surface area contributed by atoms with Crippen molar-refractivity contribution in [2.45, 2.75) is 4.90 Å². The summed E-state index contributed by atoms with van der Waals surface area (Å²) in [6, 6.07) is 15.5. The maximum atomic E-state index is 13.4. The normalized spacial score (nSPS) is 11.7. The third-order valence-corrected chi connectivity index (χ3v) is 5.88. The third-order valence-electron chi connectivity index (χ3n) is 4.14. The number of nitrogens with zero attached hydrogens (tertiary/aromatic N) is 4. The Balaban J connectivity index is 2.38. The van der Waals surface area contributed by atoms with Gasteiger partial charge in [-0.15, -0.1) is 0 Å². The quantitative estimate of drug-likeness (QED) is 0.281. The van der Waals surface area contributed by atoms with Gasteiger partial charge in [0.2, 0.25) is 5.78 Å². The van der Waals surface area contributed by atoms with Gasteiger partial charge < -0.3 is 4.90 Å². The van der Waals surface area contributed by atoms with Crippen molar-refractivity contribution in [3.05, 3.63) is 83.5 Å². The predicted molar refractivity (Wildman–Crippen MR) is 109 cm³/mol. The smallest absolute Gasteiger partial charge is 0.268 e. The van der Waals surface area contributed by atoms with Gasteiger partial charge >= 0.3 is 0 Å². The van der Waals surface area contributed by atoms with Crippen LogP contribution in [0, 0.1) is 17.9 Å². The highest BCUT2D eigenvalue weighted by Gasteiger charge is 2.28. The van der Waals surface area contributed by atoms with Gasteiger partial charge in [0.15, 0.2) is 5.69 Å². The molecule has 0 bridgehead atoms. The SMILES string of the molecule is [C-]#[N+]c1ccc2cc(C(=O)/C(C#N)=C/N(C)C)n(S(=O)(=O)c3ccccc3)c2c1. The minimum atomic E-state index is -4.15. The number of aromatic nitrogens is 1. The molecule has 29 heavy (non-hydrogen) atoms. The first-order chi connectivity index (χ1) is 13.8. The third kappa shape index (κ3) is 3.62. The highest BCUT2D eigenvalue weighted by molar-refractivity contribution is 7.90. The summed E-state index contributed by atoms with van der Waals surface area (Å²) in [5, 5.41) is 9.88. The summed E-state index contributed by atoms with van der Waals surface area (Å²) in [5.41, 5.74) is 0.0738. The number of hydrogen-bond acceptors (Lipinski definition) is 5. The van der Waals surface area contributed by atoms with Gasteiger partial charge in [0.1, 0.15) is 17.3 Å². The summed E-state index contributed by atoms with van der Waals surface area (Å²) in [6.07, 6.45) is 1.34. The fraction of sp³-hybridized carbons (Fsp3) is 0.0952. The van der Waals surface area contributed by atoms with Crippen LogP contribution in [0.15, 0.2) is 71.3 Å². The molecule has 0 radical (unpaired) electrons. The van der Waals surface area contributed by atoms with Gasteiger partial charge in [-0.25, -0.2) is 17.2 Å². The lowest BCUT2D eigenvalue weighted by Crippen LogP contribution is -2.20. The standard InChI is InChI=1S/C21H16N4O3S/c1-23-17-10-9-15-11-20(21(26)16(13-22)14-24(2)3)25(19(15)12-17)29(27,28)18-7-5-4-6-8-18/h4-12,14H,2-3H3/b16-14+. The summed E-state index contributed by atoms with van der Waals surface area (Å²) in [7, 11) is -0.839. The van der Waals surface area contributed by atoms with Crippen LogP contribution in [-0.4, -0.2) is 37.2 Å². The average molecular weight is 404 g/mol. The van der Waals surface area contributed by atoms with E-state index in [0.717, 1.165) is 3.97 Å². The van der Waals surface area contributed by atoms with Gasteiger partial charge in [0, 0.05) is 20.3 Å². The van der Waals surface area contributed by atoms with E-state index in [2.05, 4.69) is 4.85 Å². The van der Waals surface area contributed by atoms with Crippen molar-refractivity contribution in [3.8, 4) is 6.07 Å². The van der Waals surface area contributed by atoms with Crippen LogP contribution in [0.3, 0.4) is 0 Å². The first-order valence-electron chi connectivity index (χ1n) is 8.46. The maximum absolute atomic E-state index is 13.4. The van der Waals surface area contributed by atoms with Crippen molar-refractivity contribution in [1.29, 1.82) is 5.26 Å². The van der Waals surface area contributed by atoms with E-state index in [1.54, 1.807) is 44.4 Å². The molecule has 2 aromatic carbocycles. The Morgan fingerprint density at radius 3 is 2.45 bits per heavy atom. The van der Waals surface area contributed by atoms with Crippen LogP contribution in [0.5, 0.6) is 0 Å². The number of rotatable bonds is 5. The summed E-state index contributed by atoms with van der Waals surface area (Å²) in [6.45, 7) is 7.22. The molecule has 0 aliphatic heterocycles. The molecule has 0 saturated heterocycles. The monoisotopic (exact) mass is 404 g/mol. The molecular weight excluding hydrogens is 388 g/mol. The van der Waals surface area contributed by atoms with Crippen molar-refractivity contribution in [2.75, 3.05) is 14.1 Å². The van der Waals surface area contributed by atoms with Crippen LogP contribution in [0.4, 0.5) is 5.69 Å². The van der Waals surface area contributed by atoms with Crippen molar-refractivity contribution in [3.63, 3.8) is 0 Å². The Labute approximate surface area is 168 Å². The van der Waals surface area contributed by atoms with Crippen molar-refractivity contribution < 1.29 is 13.2 Å². The lowest BCUT2D eigenvalue weighted by atomic mass is 10.1. The number of fused-ring (bicyclic) bond motifs is 1. The molecule has 0 fully saturated rings. The number of benzene rings is 2. The molecule has 7 nitrogen and oxygen atoms in total. The highest BCUT2D eigenvalue weighted by atomic mass is 32.2. The maximum Gasteiger partial charge on any atom is 0.268 e. The molecule has 1 aromatic heterocycles. The van der Waals surface area contributed by atoms with E-state index >= 15 is 0 Å². The number of ketones is 1. The summed E-state index contributed by atoms with van der Waals surface area (Å²) < 4.78 is 27.7. The Hall–Kier alpha value is -3.88. The highest BCUT2D eigenvalue weighted by Crippen LogP contribution is 2.30. The lowest BCUT2D eigenvalue weighted by molar-refractivity contribution is 0.103.